The van der Waals surface area contributed by atoms with Gasteiger partial charge in [0, 0.05) is 13.1 Å². The van der Waals surface area contributed by atoms with Crippen molar-refractivity contribution < 1.29 is 4.74 Å². The fourth-order valence-electron chi connectivity index (χ4n) is 3.95. The minimum Gasteiger partial charge on any atom is -0.497 e. The molecule has 0 N–H and O–H groups in total. The average molecular weight is 396 g/mol. The molecular formula is C28H29NO. The van der Waals surface area contributed by atoms with Gasteiger partial charge in [-0.3, -0.25) is 4.90 Å². The quantitative estimate of drug-likeness (QED) is 0.321. The van der Waals surface area contributed by atoms with Crippen molar-refractivity contribution in [2.45, 2.75) is 25.9 Å². The predicted octanol–water partition coefficient (Wildman–Crippen LogP) is 6.48. The molecule has 0 aliphatic rings. The summed E-state index contributed by atoms with van der Waals surface area (Å²) in [6, 6.07) is 34.6. The Morgan fingerprint density at radius 2 is 1.30 bits per heavy atom. The van der Waals surface area contributed by atoms with Gasteiger partial charge in [0.25, 0.3) is 0 Å². The van der Waals surface area contributed by atoms with Crippen LogP contribution in [0.25, 0.3) is 10.8 Å². The van der Waals surface area contributed by atoms with Crippen molar-refractivity contribution in [1.82, 2.24) is 4.90 Å². The predicted molar refractivity (Wildman–Crippen MR) is 126 cm³/mol. The first-order chi connectivity index (χ1) is 14.8. The SMILES string of the molecule is COc1ccc(CN(CCCc2ccccc2)Cc2ccc3ccccc3c2)cc1. The standard InChI is InChI=1S/C28H29NO/c1-30-28-17-14-24(15-18-28)21-29(19-7-10-23-8-3-2-4-9-23)22-25-13-16-26-11-5-6-12-27(26)20-25/h2-6,8-9,11-18,20H,7,10,19,21-22H2,1H3. The van der Waals surface area contributed by atoms with Gasteiger partial charge in [-0.1, -0.05) is 78.9 Å². The Morgan fingerprint density at radius 1 is 0.633 bits per heavy atom. The highest BCUT2D eigenvalue weighted by molar-refractivity contribution is 5.82. The summed E-state index contributed by atoms with van der Waals surface area (Å²) < 4.78 is 5.31. The maximum absolute atomic E-state index is 5.31. The number of nitrogens with zero attached hydrogens (tertiary/aromatic N) is 1. The van der Waals surface area contributed by atoms with E-state index in [0.29, 0.717) is 0 Å². The van der Waals surface area contributed by atoms with E-state index in [0.717, 1.165) is 38.2 Å². The number of fused-ring (bicyclic) bond motifs is 1. The van der Waals surface area contributed by atoms with Gasteiger partial charge in [-0.25, -0.2) is 0 Å². The van der Waals surface area contributed by atoms with E-state index in [1.54, 1.807) is 7.11 Å². The second-order valence-corrected chi connectivity index (χ2v) is 7.83. The van der Waals surface area contributed by atoms with E-state index in [1.807, 2.05) is 12.1 Å². The van der Waals surface area contributed by atoms with Gasteiger partial charge in [-0.15, -0.1) is 0 Å². The third-order valence-corrected chi connectivity index (χ3v) is 5.57. The molecule has 0 atom stereocenters. The number of aryl methyl sites for hydroxylation is 1. The zero-order valence-electron chi connectivity index (χ0n) is 17.6. The summed E-state index contributed by atoms with van der Waals surface area (Å²) in [5.74, 6) is 0.906. The molecule has 0 aliphatic heterocycles. The van der Waals surface area contributed by atoms with Crippen LogP contribution >= 0.6 is 0 Å². The number of hydrogen-bond acceptors (Lipinski definition) is 2. The molecule has 0 unspecified atom stereocenters. The molecule has 0 aromatic heterocycles. The number of benzene rings is 4. The monoisotopic (exact) mass is 395 g/mol. The second-order valence-electron chi connectivity index (χ2n) is 7.83. The van der Waals surface area contributed by atoms with Crippen LogP contribution in [-0.4, -0.2) is 18.6 Å². The summed E-state index contributed by atoms with van der Waals surface area (Å²) in [5, 5.41) is 2.61. The fraction of sp³-hybridized carbons (Fsp3) is 0.214. The molecule has 0 radical (unpaired) electrons. The lowest BCUT2D eigenvalue weighted by Crippen LogP contribution is -2.24. The Hall–Kier alpha value is -3.10. The molecule has 2 heteroatoms. The number of rotatable bonds is 9. The summed E-state index contributed by atoms with van der Waals surface area (Å²) in [4.78, 5) is 2.55. The van der Waals surface area contributed by atoms with Gasteiger partial charge >= 0.3 is 0 Å². The van der Waals surface area contributed by atoms with Crippen LogP contribution in [0.5, 0.6) is 5.75 Å². The van der Waals surface area contributed by atoms with Gasteiger partial charge in [0.2, 0.25) is 0 Å². The summed E-state index contributed by atoms with van der Waals surface area (Å²) in [6.07, 6.45) is 2.26. The fourth-order valence-corrected chi connectivity index (χ4v) is 3.95. The molecule has 0 saturated heterocycles. The lowest BCUT2D eigenvalue weighted by molar-refractivity contribution is 0.253. The van der Waals surface area contributed by atoms with Crippen LogP contribution in [0.4, 0.5) is 0 Å². The van der Waals surface area contributed by atoms with Crippen molar-refractivity contribution in [3.63, 3.8) is 0 Å². The van der Waals surface area contributed by atoms with E-state index >= 15 is 0 Å². The number of methoxy groups -OCH3 is 1. The Morgan fingerprint density at radius 3 is 2.07 bits per heavy atom. The molecule has 0 fully saturated rings. The lowest BCUT2D eigenvalue weighted by Gasteiger charge is -2.23. The van der Waals surface area contributed by atoms with Crippen LogP contribution in [0, 0.1) is 0 Å². The van der Waals surface area contributed by atoms with Crippen LogP contribution in [0.3, 0.4) is 0 Å². The molecule has 2 nitrogen and oxygen atoms in total. The normalized spacial score (nSPS) is 11.1. The van der Waals surface area contributed by atoms with Gasteiger partial charge < -0.3 is 4.74 Å². The first-order valence-corrected chi connectivity index (χ1v) is 10.7. The van der Waals surface area contributed by atoms with Gasteiger partial charge in [0.05, 0.1) is 7.11 Å². The second kappa shape index (κ2) is 10.1. The average Bonchev–Trinajstić information content (AvgIpc) is 2.80. The lowest BCUT2D eigenvalue weighted by atomic mass is 10.1. The maximum Gasteiger partial charge on any atom is 0.118 e. The molecule has 4 aromatic carbocycles. The minimum atomic E-state index is 0.906. The summed E-state index contributed by atoms with van der Waals surface area (Å²) in [6.45, 7) is 2.95. The highest BCUT2D eigenvalue weighted by atomic mass is 16.5. The molecule has 4 rings (SSSR count). The molecule has 0 heterocycles. The summed E-state index contributed by atoms with van der Waals surface area (Å²) in [5.41, 5.74) is 4.09. The van der Waals surface area contributed by atoms with E-state index in [9.17, 15) is 0 Å². The zero-order chi connectivity index (χ0) is 20.6. The van der Waals surface area contributed by atoms with Crippen molar-refractivity contribution in [3.8, 4) is 5.75 Å². The largest absolute Gasteiger partial charge is 0.497 e. The van der Waals surface area contributed by atoms with E-state index < -0.39 is 0 Å². The van der Waals surface area contributed by atoms with Crippen molar-refractivity contribution in [1.29, 1.82) is 0 Å². The van der Waals surface area contributed by atoms with Crippen molar-refractivity contribution >= 4 is 10.8 Å². The molecule has 30 heavy (non-hydrogen) atoms. The molecule has 0 saturated carbocycles. The zero-order valence-corrected chi connectivity index (χ0v) is 17.6. The van der Waals surface area contributed by atoms with E-state index in [4.69, 9.17) is 4.74 Å². The molecule has 152 valence electrons. The minimum absolute atomic E-state index is 0.906. The molecular weight excluding hydrogens is 366 g/mol. The van der Waals surface area contributed by atoms with Crippen LogP contribution in [0.2, 0.25) is 0 Å². The molecule has 0 spiro atoms. The van der Waals surface area contributed by atoms with Crippen molar-refractivity contribution in [3.05, 3.63) is 114 Å². The summed E-state index contributed by atoms with van der Waals surface area (Å²) in [7, 11) is 1.71. The molecule has 0 bridgehead atoms. The molecule has 0 aliphatic carbocycles. The van der Waals surface area contributed by atoms with Gasteiger partial charge in [-0.05, 0) is 65.0 Å². The molecule has 4 aromatic rings. The van der Waals surface area contributed by atoms with Gasteiger partial charge in [0.15, 0.2) is 0 Å². The summed E-state index contributed by atoms with van der Waals surface area (Å²) >= 11 is 0. The first-order valence-electron chi connectivity index (χ1n) is 10.7. The van der Waals surface area contributed by atoms with Crippen molar-refractivity contribution in [2.24, 2.45) is 0 Å². The third-order valence-electron chi connectivity index (χ3n) is 5.57. The highest BCUT2D eigenvalue weighted by Crippen LogP contribution is 2.19. The van der Waals surface area contributed by atoms with Gasteiger partial charge in [-0.2, -0.15) is 0 Å². The van der Waals surface area contributed by atoms with Crippen molar-refractivity contribution in [2.75, 3.05) is 13.7 Å². The van der Waals surface area contributed by atoms with Crippen LogP contribution in [-0.2, 0) is 19.5 Å². The molecule has 0 amide bonds. The number of ether oxygens (including phenoxy) is 1. The Balaban J connectivity index is 1.47. The van der Waals surface area contributed by atoms with E-state index in [1.165, 1.54) is 27.5 Å². The topological polar surface area (TPSA) is 12.5 Å². The van der Waals surface area contributed by atoms with E-state index in [-0.39, 0.29) is 0 Å². The van der Waals surface area contributed by atoms with E-state index in [2.05, 4.69) is 89.8 Å². The Bertz CT molecular complexity index is 1060. The number of hydrogen-bond donors (Lipinski definition) is 0. The van der Waals surface area contributed by atoms with Crippen LogP contribution < -0.4 is 4.74 Å². The highest BCUT2D eigenvalue weighted by Gasteiger charge is 2.09. The Labute approximate surface area is 179 Å². The first kappa shape index (κ1) is 20.2. The third kappa shape index (κ3) is 5.49. The smallest absolute Gasteiger partial charge is 0.118 e. The van der Waals surface area contributed by atoms with Crippen LogP contribution in [0.15, 0.2) is 97.1 Å². The van der Waals surface area contributed by atoms with Gasteiger partial charge in [0.1, 0.15) is 5.75 Å². The Kier molecular flexibility index (Phi) is 6.79. The maximum atomic E-state index is 5.31. The van der Waals surface area contributed by atoms with Crippen LogP contribution in [0.1, 0.15) is 23.1 Å².